The van der Waals surface area contributed by atoms with Gasteiger partial charge in [-0.25, -0.2) is 13.4 Å². The number of carbonyl (C=O) groups excluding carboxylic acids is 1. The fourth-order valence-corrected chi connectivity index (χ4v) is 6.04. The molecule has 0 spiro atoms. The number of thiazole rings is 1. The number of phenolic OH excluding ortho intramolecular Hbond substituents is 1. The average Bonchev–Trinajstić information content (AvgIpc) is 3.42. The van der Waals surface area contributed by atoms with Gasteiger partial charge >= 0.3 is 0 Å². The van der Waals surface area contributed by atoms with Crippen LogP contribution < -0.4 is 5.32 Å². The second-order valence-electron chi connectivity index (χ2n) is 6.54. The van der Waals surface area contributed by atoms with Crippen LogP contribution in [0.15, 0.2) is 46.0 Å². The summed E-state index contributed by atoms with van der Waals surface area (Å²) in [5, 5.41) is 17.3. The summed E-state index contributed by atoms with van der Waals surface area (Å²) in [6.07, 6.45) is 0.0156. The van der Waals surface area contributed by atoms with E-state index in [-0.39, 0.29) is 35.8 Å². The van der Waals surface area contributed by atoms with Crippen molar-refractivity contribution in [3.63, 3.8) is 0 Å². The molecule has 11 heteroatoms. The van der Waals surface area contributed by atoms with Gasteiger partial charge in [-0.3, -0.25) is 4.79 Å². The zero-order chi connectivity index (χ0) is 21.1. The summed E-state index contributed by atoms with van der Waals surface area (Å²) in [4.78, 5) is 18.0. The molecule has 2 aromatic heterocycles. The second-order valence-corrected chi connectivity index (χ2v) is 10.3. The van der Waals surface area contributed by atoms with Crippen molar-refractivity contribution in [3.8, 4) is 15.6 Å². The van der Waals surface area contributed by atoms with Crippen molar-refractivity contribution in [2.75, 3.05) is 31.6 Å². The van der Waals surface area contributed by atoms with Gasteiger partial charge in [0.2, 0.25) is 15.9 Å². The van der Waals surface area contributed by atoms with Crippen molar-refractivity contribution in [2.45, 2.75) is 11.3 Å². The molecule has 3 aromatic rings. The first-order valence-electron chi connectivity index (χ1n) is 9.12. The quantitative estimate of drug-likeness (QED) is 0.542. The molecule has 0 saturated carbocycles. The Balaban J connectivity index is 1.47. The average molecular weight is 466 g/mol. The van der Waals surface area contributed by atoms with Crippen molar-refractivity contribution < 1.29 is 23.1 Å². The van der Waals surface area contributed by atoms with Crippen LogP contribution in [0.2, 0.25) is 0 Å². The Kier molecular flexibility index (Phi) is 6.16. The second kappa shape index (κ2) is 8.82. The molecule has 0 atom stereocenters. The number of nitrogens with one attached hydrogen (secondary N) is 1. The monoisotopic (exact) mass is 465 g/mol. The summed E-state index contributed by atoms with van der Waals surface area (Å²) >= 11 is 3.03. The number of benzene rings is 1. The Bertz CT molecular complexity index is 1140. The number of nitrogens with zero attached hydrogens (tertiary/aromatic N) is 2. The molecule has 158 valence electrons. The van der Waals surface area contributed by atoms with E-state index in [9.17, 15) is 18.3 Å². The van der Waals surface area contributed by atoms with Crippen LogP contribution in [0.3, 0.4) is 0 Å². The van der Waals surface area contributed by atoms with Crippen LogP contribution in [0.5, 0.6) is 5.75 Å². The molecule has 1 fully saturated rings. The molecule has 1 aliphatic heterocycles. The maximum Gasteiger partial charge on any atom is 0.243 e. The van der Waals surface area contributed by atoms with Crippen molar-refractivity contribution >= 4 is 44.3 Å². The summed E-state index contributed by atoms with van der Waals surface area (Å²) in [5.74, 6) is -0.601. The maximum atomic E-state index is 12.8. The van der Waals surface area contributed by atoms with Gasteiger partial charge in [-0.15, -0.1) is 22.7 Å². The largest absolute Gasteiger partial charge is 0.506 e. The number of morpholine rings is 1. The Morgan fingerprint density at radius 2 is 2.03 bits per heavy atom. The molecule has 0 unspecified atom stereocenters. The van der Waals surface area contributed by atoms with E-state index in [2.05, 4.69) is 10.3 Å². The number of hydrogen-bond acceptors (Lipinski definition) is 8. The van der Waals surface area contributed by atoms with Gasteiger partial charge in [0.1, 0.15) is 10.8 Å². The van der Waals surface area contributed by atoms with Gasteiger partial charge in [0.25, 0.3) is 0 Å². The Hall–Kier alpha value is -2.31. The van der Waals surface area contributed by atoms with Crippen molar-refractivity contribution in [1.29, 1.82) is 0 Å². The van der Waals surface area contributed by atoms with Crippen molar-refractivity contribution in [1.82, 2.24) is 9.29 Å². The van der Waals surface area contributed by atoms with Crippen LogP contribution in [0.1, 0.15) is 5.69 Å². The van der Waals surface area contributed by atoms with Crippen LogP contribution in [0.25, 0.3) is 9.88 Å². The van der Waals surface area contributed by atoms with Crippen LogP contribution in [-0.4, -0.2) is 55.0 Å². The lowest BCUT2D eigenvalue weighted by atomic mass is 10.2. The maximum absolute atomic E-state index is 12.8. The third-order valence-corrected chi connectivity index (χ3v) is 8.30. The van der Waals surface area contributed by atoms with E-state index in [1.807, 2.05) is 22.9 Å². The van der Waals surface area contributed by atoms with E-state index in [4.69, 9.17) is 4.74 Å². The number of aromatic hydroxyl groups is 1. The highest BCUT2D eigenvalue weighted by Crippen LogP contribution is 2.30. The molecular formula is C19H19N3O5S3. The van der Waals surface area contributed by atoms with E-state index < -0.39 is 15.9 Å². The highest BCUT2D eigenvalue weighted by atomic mass is 32.2. The molecule has 0 bridgehead atoms. The van der Waals surface area contributed by atoms with Crippen LogP contribution in [-0.2, 0) is 26.0 Å². The number of aromatic nitrogens is 1. The molecular weight excluding hydrogens is 446 g/mol. The van der Waals surface area contributed by atoms with Gasteiger partial charge in [-0.1, -0.05) is 6.07 Å². The van der Waals surface area contributed by atoms with Crippen LogP contribution >= 0.6 is 22.7 Å². The lowest BCUT2D eigenvalue weighted by molar-refractivity contribution is -0.115. The molecule has 3 heterocycles. The van der Waals surface area contributed by atoms with Crippen LogP contribution in [0, 0.1) is 0 Å². The van der Waals surface area contributed by atoms with Gasteiger partial charge in [-0.2, -0.15) is 4.31 Å². The zero-order valence-electron chi connectivity index (χ0n) is 15.8. The molecule has 1 amide bonds. The van der Waals surface area contributed by atoms with Gasteiger partial charge in [-0.05, 0) is 29.6 Å². The van der Waals surface area contributed by atoms with Gasteiger partial charge < -0.3 is 15.2 Å². The summed E-state index contributed by atoms with van der Waals surface area (Å²) in [6, 6.07) is 7.76. The molecule has 8 nitrogen and oxygen atoms in total. The number of hydrogen-bond donors (Lipinski definition) is 2. The van der Waals surface area contributed by atoms with Gasteiger partial charge in [0, 0.05) is 18.5 Å². The minimum atomic E-state index is -3.74. The number of thiophene rings is 1. The highest BCUT2D eigenvalue weighted by molar-refractivity contribution is 7.89. The number of sulfonamides is 1. The number of anilines is 1. The topological polar surface area (TPSA) is 109 Å². The minimum absolute atomic E-state index is 0.00569. The molecule has 0 radical (unpaired) electrons. The van der Waals surface area contributed by atoms with E-state index in [1.165, 1.54) is 33.8 Å². The molecule has 1 aromatic carbocycles. The molecule has 4 rings (SSSR count). The number of ether oxygens (including phenoxy) is 1. The predicted octanol–water partition coefficient (Wildman–Crippen LogP) is 2.78. The number of carbonyl (C=O) groups is 1. The first-order chi connectivity index (χ1) is 14.4. The molecule has 30 heavy (non-hydrogen) atoms. The fourth-order valence-electron chi connectivity index (χ4n) is 2.97. The fraction of sp³-hybridized carbons (Fsp3) is 0.263. The van der Waals surface area contributed by atoms with Crippen molar-refractivity contribution in [2.24, 2.45) is 0 Å². The third-order valence-electron chi connectivity index (χ3n) is 4.48. The van der Waals surface area contributed by atoms with Gasteiger partial charge in [0.15, 0.2) is 0 Å². The Labute approximate surface area is 181 Å². The third kappa shape index (κ3) is 4.55. The highest BCUT2D eigenvalue weighted by Gasteiger charge is 2.27. The van der Waals surface area contributed by atoms with Gasteiger partial charge in [0.05, 0.1) is 40.8 Å². The number of amides is 1. The zero-order valence-corrected chi connectivity index (χ0v) is 18.2. The summed E-state index contributed by atoms with van der Waals surface area (Å²) < 4.78 is 32.2. The minimum Gasteiger partial charge on any atom is -0.506 e. The first kappa shape index (κ1) is 20.9. The number of rotatable bonds is 6. The summed E-state index contributed by atoms with van der Waals surface area (Å²) in [6.45, 7) is 1.20. The lowest BCUT2D eigenvalue weighted by Gasteiger charge is -2.26. The van der Waals surface area contributed by atoms with Crippen LogP contribution in [0.4, 0.5) is 5.69 Å². The van der Waals surface area contributed by atoms with E-state index in [0.717, 1.165) is 9.88 Å². The smallest absolute Gasteiger partial charge is 0.243 e. The van der Waals surface area contributed by atoms with Crippen molar-refractivity contribution in [3.05, 3.63) is 46.8 Å². The Morgan fingerprint density at radius 3 is 2.77 bits per heavy atom. The lowest BCUT2D eigenvalue weighted by Crippen LogP contribution is -2.40. The molecule has 0 aliphatic carbocycles. The first-order valence-corrected chi connectivity index (χ1v) is 12.3. The molecule has 2 N–H and O–H groups in total. The summed E-state index contributed by atoms with van der Waals surface area (Å²) in [7, 11) is -3.74. The van der Waals surface area contributed by atoms with E-state index >= 15 is 0 Å². The molecule has 1 aliphatic rings. The van der Waals surface area contributed by atoms with E-state index in [1.54, 1.807) is 11.3 Å². The predicted molar refractivity (Wildman–Crippen MR) is 115 cm³/mol. The summed E-state index contributed by atoms with van der Waals surface area (Å²) in [5.41, 5.74) is 0.653. The number of phenols is 1. The standard InChI is InChI=1S/C19H19N3O5S3/c23-16-4-3-14(30(25,26)22-5-7-27-8-6-22)11-15(16)21-18(24)10-13-12-29-19(20-13)17-2-1-9-28-17/h1-4,9,11-12,23H,5-8,10H2,(H,21,24). The Morgan fingerprint density at radius 1 is 1.23 bits per heavy atom. The SMILES string of the molecule is O=C(Cc1csc(-c2cccs2)n1)Nc1cc(S(=O)(=O)N2CCOCC2)ccc1O. The normalized spacial score (nSPS) is 15.2. The molecule has 1 saturated heterocycles. The van der Waals surface area contributed by atoms with E-state index in [0.29, 0.717) is 18.9 Å².